The zero-order valence-corrected chi connectivity index (χ0v) is 15.8. The second kappa shape index (κ2) is 7.19. The molecule has 0 fully saturated rings. The van der Waals surface area contributed by atoms with Gasteiger partial charge in [0.25, 0.3) is 0 Å². The molecule has 1 aliphatic heterocycles. The molecule has 5 nitrogen and oxygen atoms in total. The van der Waals surface area contributed by atoms with Crippen molar-refractivity contribution in [3.63, 3.8) is 0 Å². The van der Waals surface area contributed by atoms with Crippen LogP contribution in [0.4, 0.5) is 5.69 Å². The van der Waals surface area contributed by atoms with Crippen molar-refractivity contribution in [1.82, 2.24) is 4.31 Å². The number of anilines is 1. The zero-order valence-electron chi connectivity index (χ0n) is 14.2. The summed E-state index contributed by atoms with van der Waals surface area (Å²) in [5.41, 5.74) is 1.72. The van der Waals surface area contributed by atoms with Crippen LogP contribution in [0.15, 0.2) is 58.3 Å². The van der Waals surface area contributed by atoms with E-state index in [0.29, 0.717) is 18.7 Å². The first-order valence-corrected chi connectivity index (χ1v) is 10.4. The fourth-order valence-electron chi connectivity index (χ4n) is 2.75. The van der Waals surface area contributed by atoms with E-state index in [1.54, 1.807) is 23.1 Å². The summed E-state index contributed by atoms with van der Waals surface area (Å²) >= 11 is 1.51. The Kier molecular flexibility index (Phi) is 5.17. The lowest BCUT2D eigenvalue weighted by molar-refractivity contribution is -0.116. The smallest absolute Gasteiger partial charge is 0.242 e. The minimum atomic E-state index is -3.46. The number of carbonyl (C=O) groups is 1. The summed E-state index contributed by atoms with van der Waals surface area (Å²) in [6.07, 6.45) is 0.674. The highest BCUT2D eigenvalue weighted by molar-refractivity contribution is 8.00. The molecule has 0 saturated heterocycles. The van der Waals surface area contributed by atoms with E-state index in [1.807, 2.05) is 30.3 Å². The third-order valence-electron chi connectivity index (χ3n) is 4.13. The number of carbonyl (C=O) groups excluding carboxylic acids is 1. The molecule has 0 N–H and O–H groups in total. The Morgan fingerprint density at radius 1 is 1.16 bits per heavy atom. The molecule has 2 aromatic carbocycles. The van der Waals surface area contributed by atoms with Crippen molar-refractivity contribution in [2.45, 2.75) is 16.2 Å². The number of hydrogen-bond acceptors (Lipinski definition) is 4. The largest absolute Gasteiger partial charge is 0.311 e. The standard InChI is InChI=1S/C18H20N2O3S2/c1-19(2)25(22,23)16-8-9-17-14(12-16)10-11-20(17)18(21)13-24-15-6-4-3-5-7-15/h3-9,12H,10-11,13H2,1-2H3. The molecular weight excluding hydrogens is 356 g/mol. The fraction of sp³-hybridized carbons (Fsp3) is 0.278. The van der Waals surface area contributed by atoms with Gasteiger partial charge in [0.2, 0.25) is 15.9 Å². The molecule has 0 unspecified atom stereocenters. The quantitative estimate of drug-likeness (QED) is 0.753. The molecule has 3 rings (SSSR count). The van der Waals surface area contributed by atoms with Gasteiger partial charge in [-0.25, -0.2) is 12.7 Å². The van der Waals surface area contributed by atoms with E-state index >= 15 is 0 Å². The summed E-state index contributed by atoms with van der Waals surface area (Å²) in [6, 6.07) is 14.8. The van der Waals surface area contributed by atoms with Crippen molar-refractivity contribution in [1.29, 1.82) is 0 Å². The monoisotopic (exact) mass is 376 g/mol. The van der Waals surface area contributed by atoms with Crippen LogP contribution >= 0.6 is 11.8 Å². The molecule has 1 heterocycles. The lowest BCUT2D eigenvalue weighted by Crippen LogP contribution is -2.30. The van der Waals surface area contributed by atoms with Crippen LogP contribution in [0, 0.1) is 0 Å². The molecule has 0 radical (unpaired) electrons. The van der Waals surface area contributed by atoms with Crippen molar-refractivity contribution < 1.29 is 13.2 Å². The average Bonchev–Trinajstić information content (AvgIpc) is 3.03. The molecule has 25 heavy (non-hydrogen) atoms. The van der Waals surface area contributed by atoms with Gasteiger partial charge in [-0.15, -0.1) is 11.8 Å². The van der Waals surface area contributed by atoms with E-state index in [0.717, 1.165) is 16.1 Å². The molecule has 0 saturated carbocycles. The average molecular weight is 377 g/mol. The predicted molar refractivity (Wildman–Crippen MR) is 101 cm³/mol. The van der Waals surface area contributed by atoms with E-state index < -0.39 is 10.0 Å². The highest BCUT2D eigenvalue weighted by Gasteiger charge is 2.27. The highest BCUT2D eigenvalue weighted by Crippen LogP contribution is 2.31. The summed E-state index contributed by atoms with van der Waals surface area (Å²) in [7, 11) is -0.431. The van der Waals surface area contributed by atoms with Gasteiger partial charge in [0.05, 0.1) is 10.6 Å². The van der Waals surface area contributed by atoms with Gasteiger partial charge in [-0.1, -0.05) is 18.2 Å². The third-order valence-corrected chi connectivity index (χ3v) is 6.94. The fourth-order valence-corrected chi connectivity index (χ4v) is 4.50. The van der Waals surface area contributed by atoms with Crippen LogP contribution in [0.5, 0.6) is 0 Å². The molecule has 0 bridgehead atoms. The number of benzene rings is 2. The van der Waals surface area contributed by atoms with Crippen LogP contribution in [0.3, 0.4) is 0 Å². The first-order chi connectivity index (χ1) is 11.9. The van der Waals surface area contributed by atoms with Gasteiger partial charge in [-0.2, -0.15) is 0 Å². The number of amides is 1. The SMILES string of the molecule is CN(C)S(=O)(=O)c1ccc2c(c1)CCN2C(=O)CSc1ccccc1. The first-order valence-electron chi connectivity index (χ1n) is 7.93. The first kappa shape index (κ1) is 18.0. The molecule has 0 aliphatic carbocycles. The summed E-state index contributed by atoms with van der Waals surface area (Å²) in [4.78, 5) is 15.6. The Balaban J connectivity index is 1.75. The Morgan fingerprint density at radius 2 is 1.88 bits per heavy atom. The number of sulfonamides is 1. The summed E-state index contributed by atoms with van der Waals surface area (Å²) in [5.74, 6) is 0.400. The molecule has 0 aromatic heterocycles. The van der Waals surface area contributed by atoms with Crippen molar-refractivity contribution in [2.24, 2.45) is 0 Å². The predicted octanol–water partition coefficient (Wildman–Crippen LogP) is 2.62. The number of rotatable bonds is 5. The second-order valence-electron chi connectivity index (χ2n) is 5.98. The Labute approximate surface area is 152 Å². The molecule has 1 aliphatic rings. The third kappa shape index (κ3) is 3.73. The van der Waals surface area contributed by atoms with Crippen molar-refractivity contribution in [3.8, 4) is 0 Å². The normalized spacial score (nSPS) is 14.0. The van der Waals surface area contributed by atoms with E-state index in [2.05, 4.69) is 0 Å². The van der Waals surface area contributed by atoms with Gasteiger partial charge in [0.15, 0.2) is 0 Å². The van der Waals surface area contributed by atoms with Crippen LogP contribution in [-0.2, 0) is 21.2 Å². The molecule has 0 spiro atoms. The van der Waals surface area contributed by atoms with Crippen LogP contribution in [0.1, 0.15) is 5.56 Å². The van der Waals surface area contributed by atoms with Gasteiger partial charge in [-0.05, 0) is 42.3 Å². The topological polar surface area (TPSA) is 57.7 Å². The Morgan fingerprint density at radius 3 is 2.56 bits per heavy atom. The van der Waals surface area contributed by atoms with E-state index in [-0.39, 0.29) is 10.8 Å². The van der Waals surface area contributed by atoms with E-state index in [1.165, 1.54) is 30.2 Å². The Bertz CT molecular complexity index is 880. The highest BCUT2D eigenvalue weighted by atomic mass is 32.2. The summed E-state index contributed by atoms with van der Waals surface area (Å²) < 4.78 is 25.7. The number of nitrogens with zero attached hydrogens (tertiary/aromatic N) is 2. The van der Waals surface area contributed by atoms with Gasteiger partial charge < -0.3 is 4.90 Å². The molecule has 2 aromatic rings. The zero-order chi connectivity index (χ0) is 18.0. The Hall–Kier alpha value is -1.83. The molecule has 132 valence electrons. The minimum absolute atomic E-state index is 0.0378. The van der Waals surface area contributed by atoms with Crippen LogP contribution in [0.2, 0.25) is 0 Å². The van der Waals surface area contributed by atoms with Crippen molar-refractivity contribution in [3.05, 3.63) is 54.1 Å². The van der Waals surface area contributed by atoms with E-state index in [9.17, 15) is 13.2 Å². The molecule has 0 atom stereocenters. The molecule has 1 amide bonds. The summed E-state index contributed by atoms with van der Waals surface area (Å²) in [5, 5.41) is 0. The summed E-state index contributed by atoms with van der Waals surface area (Å²) in [6.45, 7) is 0.592. The maximum Gasteiger partial charge on any atom is 0.242 e. The maximum atomic E-state index is 12.6. The number of thioether (sulfide) groups is 1. The van der Waals surface area contributed by atoms with Gasteiger partial charge in [0, 0.05) is 31.2 Å². The van der Waals surface area contributed by atoms with Crippen LogP contribution in [0.25, 0.3) is 0 Å². The molecular formula is C18H20N2O3S2. The second-order valence-corrected chi connectivity index (χ2v) is 9.18. The lowest BCUT2D eigenvalue weighted by Gasteiger charge is -2.18. The maximum absolute atomic E-state index is 12.6. The van der Waals surface area contributed by atoms with Crippen LogP contribution in [-0.4, -0.2) is 45.0 Å². The lowest BCUT2D eigenvalue weighted by atomic mass is 10.2. The van der Waals surface area contributed by atoms with Gasteiger partial charge in [-0.3, -0.25) is 4.79 Å². The van der Waals surface area contributed by atoms with Crippen LogP contribution < -0.4 is 4.90 Å². The number of fused-ring (bicyclic) bond motifs is 1. The van der Waals surface area contributed by atoms with Crippen molar-refractivity contribution in [2.75, 3.05) is 31.3 Å². The van der Waals surface area contributed by atoms with Gasteiger partial charge in [0.1, 0.15) is 0 Å². The van der Waals surface area contributed by atoms with Crippen molar-refractivity contribution >= 4 is 33.4 Å². The molecule has 7 heteroatoms. The van der Waals surface area contributed by atoms with Gasteiger partial charge >= 0.3 is 0 Å². The number of hydrogen-bond donors (Lipinski definition) is 0. The minimum Gasteiger partial charge on any atom is -0.311 e. The van der Waals surface area contributed by atoms with E-state index in [4.69, 9.17) is 0 Å².